The van der Waals surface area contributed by atoms with Crippen LogP contribution >= 0.6 is 0 Å². The molecule has 0 radical (unpaired) electrons. The summed E-state index contributed by atoms with van der Waals surface area (Å²) < 4.78 is 23.5. The van der Waals surface area contributed by atoms with Crippen molar-refractivity contribution in [2.75, 3.05) is 39.0 Å². The molecule has 3 heterocycles. The van der Waals surface area contributed by atoms with E-state index in [9.17, 15) is 13.2 Å². The van der Waals surface area contributed by atoms with Crippen LogP contribution in [-0.2, 0) is 21.2 Å². The van der Waals surface area contributed by atoms with Crippen LogP contribution in [0.4, 0.5) is 0 Å². The summed E-state index contributed by atoms with van der Waals surface area (Å²) in [4.78, 5) is 18.6. The third-order valence-corrected chi connectivity index (χ3v) is 10.2. The van der Waals surface area contributed by atoms with Crippen molar-refractivity contribution in [1.82, 2.24) is 15.1 Å². The summed E-state index contributed by atoms with van der Waals surface area (Å²) in [7, 11) is -3.21. The number of hydrogen-bond acceptors (Lipinski definition) is 5. The van der Waals surface area contributed by atoms with Crippen molar-refractivity contribution in [3.8, 4) is 0 Å². The van der Waals surface area contributed by atoms with Crippen LogP contribution < -0.4 is 5.32 Å². The molecule has 7 heteroatoms. The quantitative estimate of drug-likeness (QED) is 0.596. The Morgan fingerprint density at radius 1 is 0.946 bits per heavy atom. The van der Waals surface area contributed by atoms with E-state index in [0.717, 1.165) is 57.5 Å². The molecule has 1 spiro atoms. The molecule has 37 heavy (non-hydrogen) atoms. The fourth-order valence-electron chi connectivity index (χ4n) is 7.13. The predicted molar refractivity (Wildman–Crippen MR) is 147 cm³/mol. The van der Waals surface area contributed by atoms with Gasteiger partial charge in [0.2, 0.25) is 5.91 Å². The maximum absolute atomic E-state index is 13.6. The van der Waals surface area contributed by atoms with E-state index in [1.54, 1.807) is 12.1 Å². The Balaban J connectivity index is 1.24. The summed E-state index contributed by atoms with van der Waals surface area (Å²) in [5, 5.41) is 3.67. The maximum atomic E-state index is 13.6. The van der Waals surface area contributed by atoms with E-state index in [1.807, 2.05) is 17.0 Å². The SMILES string of the molecule is CC(C)C([C@@H]1CNC[C@@H]1c1ccccc1)N1CCC2(CCN(Cc3ccc(S(C)(=O)=O)cc3)C2=O)CC1. The summed E-state index contributed by atoms with van der Waals surface area (Å²) in [6.45, 7) is 10.1. The first-order valence-corrected chi connectivity index (χ1v) is 15.7. The van der Waals surface area contributed by atoms with Crippen molar-refractivity contribution in [2.24, 2.45) is 17.3 Å². The molecule has 3 fully saturated rings. The Bertz CT molecular complexity index is 1190. The van der Waals surface area contributed by atoms with E-state index in [-0.39, 0.29) is 11.3 Å². The lowest BCUT2D eigenvalue weighted by atomic mass is 9.74. The highest BCUT2D eigenvalue weighted by Crippen LogP contribution is 2.44. The van der Waals surface area contributed by atoms with Gasteiger partial charge < -0.3 is 10.2 Å². The minimum atomic E-state index is -3.21. The molecule has 3 aliphatic rings. The molecule has 1 unspecified atom stereocenters. The number of piperidine rings is 1. The lowest BCUT2D eigenvalue weighted by Gasteiger charge is -2.46. The van der Waals surface area contributed by atoms with Crippen LogP contribution in [0, 0.1) is 17.3 Å². The van der Waals surface area contributed by atoms with Crippen molar-refractivity contribution < 1.29 is 13.2 Å². The highest BCUT2D eigenvalue weighted by Gasteiger charge is 2.50. The Morgan fingerprint density at radius 3 is 2.22 bits per heavy atom. The van der Waals surface area contributed by atoms with Gasteiger partial charge in [-0.05, 0) is 67.4 Å². The van der Waals surface area contributed by atoms with Crippen molar-refractivity contribution in [3.63, 3.8) is 0 Å². The summed E-state index contributed by atoms with van der Waals surface area (Å²) in [6, 6.07) is 18.4. The molecule has 1 N–H and O–H groups in total. The van der Waals surface area contributed by atoms with Gasteiger partial charge in [0.25, 0.3) is 0 Å². The standard InChI is InChI=1S/C30H41N3O3S/c1-22(2)28(27-20-31-19-26(27)24-7-5-4-6-8-24)32-16-13-30(14-17-32)15-18-33(29(30)34)21-23-9-11-25(12-10-23)37(3,35)36/h4-12,22,26-28,31H,13-21H2,1-3H3/t26-,27-,28?/m1/s1. The number of nitrogens with zero attached hydrogens (tertiary/aromatic N) is 2. The van der Waals surface area contributed by atoms with Crippen molar-refractivity contribution in [2.45, 2.75) is 56.5 Å². The predicted octanol–water partition coefficient (Wildman–Crippen LogP) is 3.93. The molecule has 3 atom stereocenters. The van der Waals surface area contributed by atoms with Gasteiger partial charge in [-0.3, -0.25) is 9.69 Å². The lowest BCUT2D eigenvalue weighted by Crippen LogP contribution is -2.53. The molecular weight excluding hydrogens is 482 g/mol. The molecule has 200 valence electrons. The number of likely N-dealkylation sites (tertiary alicyclic amines) is 2. The molecule has 2 aromatic carbocycles. The van der Waals surface area contributed by atoms with Crippen molar-refractivity contribution in [3.05, 3.63) is 65.7 Å². The Labute approximate surface area is 222 Å². The minimum absolute atomic E-state index is 0.239. The van der Waals surface area contributed by atoms with E-state index in [0.29, 0.717) is 35.2 Å². The number of sulfone groups is 1. The minimum Gasteiger partial charge on any atom is -0.338 e. The van der Waals surface area contributed by atoms with Gasteiger partial charge in [0, 0.05) is 44.4 Å². The molecule has 0 aliphatic carbocycles. The normalized spacial score (nSPS) is 25.3. The van der Waals surface area contributed by atoms with Gasteiger partial charge in [-0.2, -0.15) is 0 Å². The van der Waals surface area contributed by atoms with E-state index in [4.69, 9.17) is 0 Å². The third-order valence-electron chi connectivity index (χ3n) is 9.11. The average molecular weight is 524 g/mol. The van der Waals surface area contributed by atoms with Crippen LogP contribution in [0.2, 0.25) is 0 Å². The van der Waals surface area contributed by atoms with Gasteiger partial charge in [-0.15, -0.1) is 0 Å². The van der Waals surface area contributed by atoms with Gasteiger partial charge in [-0.1, -0.05) is 56.3 Å². The first-order chi connectivity index (χ1) is 17.7. The molecule has 2 aromatic rings. The number of carbonyl (C=O) groups excluding carboxylic acids is 1. The van der Waals surface area contributed by atoms with Crippen LogP contribution in [0.5, 0.6) is 0 Å². The number of rotatable bonds is 7. The van der Waals surface area contributed by atoms with E-state index in [1.165, 1.54) is 11.8 Å². The zero-order valence-electron chi connectivity index (χ0n) is 22.4. The molecule has 3 aliphatic heterocycles. The molecule has 0 saturated carbocycles. The number of nitrogens with one attached hydrogen (secondary N) is 1. The number of hydrogen-bond donors (Lipinski definition) is 1. The van der Waals surface area contributed by atoms with E-state index >= 15 is 0 Å². The van der Waals surface area contributed by atoms with Crippen LogP contribution in [0.25, 0.3) is 0 Å². The van der Waals surface area contributed by atoms with Crippen LogP contribution in [0.3, 0.4) is 0 Å². The Hall–Kier alpha value is -2.22. The zero-order valence-corrected chi connectivity index (χ0v) is 23.2. The second-order valence-corrected chi connectivity index (χ2v) is 13.8. The fraction of sp³-hybridized carbons (Fsp3) is 0.567. The topological polar surface area (TPSA) is 69.7 Å². The first kappa shape index (κ1) is 26.4. The molecular formula is C30H41N3O3S. The monoisotopic (exact) mass is 523 g/mol. The fourth-order valence-corrected chi connectivity index (χ4v) is 7.76. The first-order valence-electron chi connectivity index (χ1n) is 13.8. The summed E-state index contributed by atoms with van der Waals surface area (Å²) in [5.41, 5.74) is 2.18. The number of amides is 1. The van der Waals surface area contributed by atoms with Gasteiger partial charge in [0.1, 0.15) is 0 Å². The second kappa shape index (κ2) is 10.5. The van der Waals surface area contributed by atoms with Gasteiger partial charge in [-0.25, -0.2) is 8.42 Å². The molecule has 0 bridgehead atoms. The van der Waals surface area contributed by atoms with Gasteiger partial charge >= 0.3 is 0 Å². The average Bonchev–Trinajstić information content (AvgIpc) is 3.47. The van der Waals surface area contributed by atoms with Gasteiger partial charge in [0.05, 0.1) is 10.3 Å². The molecule has 1 amide bonds. The number of carbonyl (C=O) groups is 1. The Morgan fingerprint density at radius 2 is 1.59 bits per heavy atom. The van der Waals surface area contributed by atoms with Crippen LogP contribution in [0.1, 0.15) is 50.2 Å². The molecule has 0 aromatic heterocycles. The van der Waals surface area contributed by atoms with E-state index < -0.39 is 9.84 Å². The summed E-state index contributed by atoms with van der Waals surface area (Å²) in [6.07, 6.45) is 3.99. The summed E-state index contributed by atoms with van der Waals surface area (Å²) >= 11 is 0. The molecule has 3 saturated heterocycles. The molecule has 6 nitrogen and oxygen atoms in total. The van der Waals surface area contributed by atoms with Crippen LogP contribution in [0.15, 0.2) is 59.5 Å². The van der Waals surface area contributed by atoms with Crippen LogP contribution in [-0.4, -0.2) is 69.1 Å². The second-order valence-electron chi connectivity index (χ2n) is 11.8. The summed E-state index contributed by atoms with van der Waals surface area (Å²) in [5.74, 6) is 1.94. The largest absolute Gasteiger partial charge is 0.338 e. The highest BCUT2D eigenvalue weighted by molar-refractivity contribution is 7.90. The van der Waals surface area contributed by atoms with Crippen molar-refractivity contribution in [1.29, 1.82) is 0 Å². The highest BCUT2D eigenvalue weighted by atomic mass is 32.2. The van der Waals surface area contributed by atoms with E-state index in [2.05, 4.69) is 54.4 Å². The maximum Gasteiger partial charge on any atom is 0.229 e. The lowest BCUT2D eigenvalue weighted by molar-refractivity contribution is -0.139. The van der Waals surface area contributed by atoms with Gasteiger partial charge in [0.15, 0.2) is 9.84 Å². The Kier molecular flexibility index (Phi) is 7.49. The smallest absolute Gasteiger partial charge is 0.229 e. The third kappa shape index (κ3) is 5.36. The number of benzene rings is 2. The zero-order chi connectivity index (χ0) is 26.2. The molecule has 5 rings (SSSR count). The van der Waals surface area contributed by atoms with Crippen molar-refractivity contribution >= 4 is 15.7 Å².